The Hall–Kier alpha value is -2.77. The summed E-state index contributed by atoms with van der Waals surface area (Å²) in [7, 11) is 1.46. The lowest BCUT2D eigenvalue weighted by Gasteiger charge is -2.23. The molecular weight excluding hydrogens is 387 g/mol. The maximum Gasteiger partial charge on any atom is 0.253 e. The van der Waals surface area contributed by atoms with Crippen LogP contribution in [0.4, 0.5) is 10.1 Å². The topological polar surface area (TPSA) is 67.9 Å². The van der Waals surface area contributed by atoms with E-state index in [2.05, 4.69) is 5.32 Å². The second-order valence-corrected chi connectivity index (χ2v) is 7.33. The summed E-state index contributed by atoms with van der Waals surface area (Å²) < 4.78 is 23.8. The molecule has 3 rings (SSSR count). The minimum atomic E-state index is -0.329. The number of rotatable bonds is 9. The van der Waals surface area contributed by atoms with E-state index in [-0.39, 0.29) is 43.3 Å². The Morgan fingerprint density at radius 3 is 2.70 bits per heavy atom. The molecule has 1 unspecified atom stereocenters. The predicted molar refractivity (Wildman–Crippen MR) is 112 cm³/mol. The maximum atomic E-state index is 13.2. The third-order valence-corrected chi connectivity index (χ3v) is 4.96. The Kier molecular flexibility index (Phi) is 7.93. The van der Waals surface area contributed by atoms with Gasteiger partial charge in [-0.25, -0.2) is 4.39 Å². The SMILES string of the molecule is COCC(=O)N(Cc1ccc(F)cc1)c1cccc(CC(=O)NCC2CCCO2)c1. The first-order valence-corrected chi connectivity index (χ1v) is 10.1. The summed E-state index contributed by atoms with van der Waals surface area (Å²) in [6, 6.07) is 13.3. The normalized spacial score (nSPS) is 15.7. The zero-order valence-corrected chi connectivity index (χ0v) is 17.1. The highest BCUT2D eigenvalue weighted by atomic mass is 19.1. The van der Waals surface area contributed by atoms with E-state index >= 15 is 0 Å². The van der Waals surface area contributed by atoms with Crippen LogP contribution < -0.4 is 10.2 Å². The molecular formula is C23H27FN2O4. The molecule has 1 fully saturated rings. The molecule has 0 bridgehead atoms. The third kappa shape index (κ3) is 6.37. The van der Waals surface area contributed by atoms with Gasteiger partial charge in [0.25, 0.3) is 5.91 Å². The number of nitrogens with one attached hydrogen (secondary N) is 1. The van der Waals surface area contributed by atoms with Crippen LogP contribution in [0.1, 0.15) is 24.0 Å². The number of halogens is 1. The van der Waals surface area contributed by atoms with Crippen molar-refractivity contribution in [1.82, 2.24) is 5.32 Å². The quantitative estimate of drug-likeness (QED) is 0.685. The fourth-order valence-electron chi connectivity index (χ4n) is 3.41. The van der Waals surface area contributed by atoms with E-state index < -0.39 is 0 Å². The highest BCUT2D eigenvalue weighted by molar-refractivity contribution is 5.94. The number of benzene rings is 2. The molecule has 1 saturated heterocycles. The van der Waals surface area contributed by atoms with Crippen LogP contribution in [-0.2, 0) is 32.0 Å². The summed E-state index contributed by atoms with van der Waals surface area (Å²) >= 11 is 0. The zero-order valence-electron chi connectivity index (χ0n) is 17.1. The molecule has 160 valence electrons. The number of hydrogen-bond acceptors (Lipinski definition) is 4. The molecule has 2 amide bonds. The van der Waals surface area contributed by atoms with Gasteiger partial charge in [0.05, 0.1) is 19.1 Å². The molecule has 6 nitrogen and oxygen atoms in total. The van der Waals surface area contributed by atoms with Crippen LogP contribution >= 0.6 is 0 Å². The van der Waals surface area contributed by atoms with Crippen LogP contribution in [0.5, 0.6) is 0 Å². The zero-order chi connectivity index (χ0) is 21.3. The van der Waals surface area contributed by atoms with E-state index in [0.29, 0.717) is 12.2 Å². The summed E-state index contributed by atoms with van der Waals surface area (Å²) in [6.07, 6.45) is 2.30. The van der Waals surface area contributed by atoms with Gasteiger partial charge in [0.15, 0.2) is 0 Å². The fourth-order valence-corrected chi connectivity index (χ4v) is 3.41. The maximum absolute atomic E-state index is 13.2. The standard InChI is InChI=1S/C23H27FN2O4/c1-29-16-23(28)26(15-17-7-9-19(24)10-8-17)20-5-2-4-18(12-20)13-22(27)25-14-21-6-3-11-30-21/h2,4-5,7-10,12,21H,3,6,11,13-16H2,1H3,(H,25,27). The van der Waals surface area contributed by atoms with Crippen molar-refractivity contribution in [2.75, 3.05) is 31.8 Å². The molecule has 1 atom stereocenters. The Labute approximate surface area is 176 Å². The average Bonchev–Trinajstić information content (AvgIpc) is 3.26. The van der Waals surface area contributed by atoms with Crippen LogP contribution in [0.15, 0.2) is 48.5 Å². The van der Waals surface area contributed by atoms with Gasteiger partial charge in [-0.1, -0.05) is 24.3 Å². The average molecular weight is 414 g/mol. The van der Waals surface area contributed by atoms with Crippen molar-refractivity contribution in [2.45, 2.75) is 31.9 Å². The second-order valence-electron chi connectivity index (χ2n) is 7.33. The first kappa shape index (κ1) is 21.9. The van der Waals surface area contributed by atoms with Crippen molar-refractivity contribution < 1.29 is 23.5 Å². The lowest BCUT2D eigenvalue weighted by molar-refractivity contribution is -0.122. The largest absolute Gasteiger partial charge is 0.376 e. The van der Waals surface area contributed by atoms with Gasteiger partial charge >= 0.3 is 0 Å². The van der Waals surface area contributed by atoms with Crippen molar-refractivity contribution >= 4 is 17.5 Å². The first-order chi connectivity index (χ1) is 14.5. The molecule has 1 heterocycles. The van der Waals surface area contributed by atoms with Crippen LogP contribution in [-0.4, -0.2) is 44.8 Å². The molecule has 30 heavy (non-hydrogen) atoms. The number of nitrogens with zero attached hydrogens (tertiary/aromatic N) is 1. The number of ether oxygens (including phenoxy) is 2. The van der Waals surface area contributed by atoms with Gasteiger partial charge < -0.3 is 19.7 Å². The molecule has 1 aliphatic rings. The summed E-state index contributed by atoms with van der Waals surface area (Å²) in [5.41, 5.74) is 2.25. The summed E-state index contributed by atoms with van der Waals surface area (Å²) in [5.74, 6) is -0.637. The van der Waals surface area contributed by atoms with E-state index in [1.54, 1.807) is 17.0 Å². The number of hydrogen-bond donors (Lipinski definition) is 1. The van der Waals surface area contributed by atoms with Gasteiger partial charge in [-0.15, -0.1) is 0 Å². The Morgan fingerprint density at radius 2 is 2.00 bits per heavy atom. The lowest BCUT2D eigenvalue weighted by atomic mass is 10.1. The van der Waals surface area contributed by atoms with E-state index in [1.807, 2.05) is 24.3 Å². The van der Waals surface area contributed by atoms with Crippen molar-refractivity contribution in [2.24, 2.45) is 0 Å². The lowest BCUT2D eigenvalue weighted by Crippen LogP contribution is -2.34. The van der Waals surface area contributed by atoms with Crippen LogP contribution in [0.2, 0.25) is 0 Å². The third-order valence-electron chi connectivity index (χ3n) is 4.96. The smallest absolute Gasteiger partial charge is 0.253 e. The number of carbonyl (C=O) groups is 2. The van der Waals surface area contributed by atoms with Gasteiger partial charge in [0.2, 0.25) is 5.91 Å². The number of anilines is 1. The number of methoxy groups -OCH3 is 1. The van der Waals surface area contributed by atoms with E-state index in [4.69, 9.17) is 9.47 Å². The highest BCUT2D eigenvalue weighted by Gasteiger charge is 2.18. The molecule has 0 radical (unpaired) electrons. The highest BCUT2D eigenvalue weighted by Crippen LogP contribution is 2.20. The molecule has 0 spiro atoms. The Bertz CT molecular complexity index is 851. The van der Waals surface area contributed by atoms with Crippen molar-refractivity contribution in [3.8, 4) is 0 Å². The fraction of sp³-hybridized carbons (Fsp3) is 0.391. The molecule has 0 aromatic heterocycles. The van der Waals surface area contributed by atoms with Gasteiger partial charge in [-0.3, -0.25) is 9.59 Å². The van der Waals surface area contributed by atoms with Gasteiger partial charge in [-0.05, 0) is 48.2 Å². The van der Waals surface area contributed by atoms with E-state index in [9.17, 15) is 14.0 Å². The van der Waals surface area contributed by atoms with Crippen LogP contribution in [0.3, 0.4) is 0 Å². The molecule has 2 aromatic carbocycles. The van der Waals surface area contributed by atoms with Crippen molar-refractivity contribution in [3.05, 3.63) is 65.5 Å². The second kappa shape index (κ2) is 10.8. The molecule has 2 aromatic rings. The number of amides is 2. The summed E-state index contributed by atoms with van der Waals surface area (Å²) in [6.45, 7) is 1.47. The molecule has 1 aliphatic heterocycles. The van der Waals surface area contributed by atoms with E-state index in [0.717, 1.165) is 30.6 Å². The van der Waals surface area contributed by atoms with Crippen molar-refractivity contribution in [3.63, 3.8) is 0 Å². The summed E-state index contributed by atoms with van der Waals surface area (Å²) in [4.78, 5) is 26.5. The molecule has 0 saturated carbocycles. The Morgan fingerprint density at radius 1 is 1.20 bits per heavy atom. The molecule has 1 N–H and O–H groups in total. The van der Waals surface area contributed by atoms with Gasteiger partial charge in [0.1, 0.15) is 12.4 Å². The number of carbonyl (C=O) groups excluding carboxylic acids is 2. The van der Waals surface area contributed by atoms with Gasteiger partial charge in [-0.2, -0.15) is 0 Å². The molecule has 7 heteroatoms. The molecule has 0 aliphatic carbocycles. The van der Waals surface area contributed by atoms with E-state index in [1.165, 1.54) is 19.2 Å². The van der Waals surface area contributed by atoms with Gasteiger partial charge in [0, 0.05) is 25.9 Å². The van der Waals surface area contributed by atoms with Crippen LogP contribution in [0, 0.1) is 5.82 Å². The Balaban J connectivity index is 1.69. The van der Waals surface area contributed by atoms with Crippen LogP contribution in [0.25, 0.3) is 0 Å². The minimum Gasteiger partial charge on any atom is -0.376 e. The monoisotopic (exact) mass is 414 g/mol. The van der Waals surface area contributed by atoms with Crippen molar-refractivity contribution in [1.29, 1.82) is 0 Å². The summed E-state index contributed by atoms with van der Waals surface area (Å²) in [5, 5.41) is 2.91. The predicted octanol–water partition coefficient (Wildman–Crippen LogP) is 2.84. The first-order valence-electron chi connectivity index (χ1n) is 10.1. The minimum absolute atomic E-state index is 0.0761.